The smallest absolute Gasteiger partial charge is 0.234 e. The largest absolute Gasteiger partial charge is 0.325 e. The maximum Gasteiger partial charge on any atom is 0.234 e. The minimum Gasteiger partial charge on any atom is -0.325 e. The van der Waals surface area contributed by atoms with Crippen LogP contribution in [0.15, 0.2) is 78.0 Å². The van der Waals surface area contributed by atoms with Gasteiger partial charge in [0.15, 0.2) is 5.16 Å². The minimum absolute atomic E-state index is 0.0618. The van der Waals surface area contributed by atoms with Crippen molar-refractivity contribution in [3.8, 4) is 0 Å². The number of nitrogens with zero attached hydrogens (tertiary/aromatic N) is 3. The quantitative estimate of drug-likeness (QED) is 0.494. The molecule has 0 atom stereocenters. The number of aromatic nitrogens is 3. The summed E-state index contributed by atoms with van der Waals surface area (Å²) < 4.78 is 2.03. The van der Waals surface area contributed by atoms with E-state index < -0.39 is 0 Å². The molecule has 0 aliphatic carbocycles. The van der Waals surface area contributed by atoms with Crippen LogP contribution in [0.25, 0.3) is 10.8 Å². The van der Waals surface area contributed by atoms with Crippen LogP contribution in [-0.2, 0) is 11.3 Å². The van der Waals surface area contributed by atoms with Gasteiger partial charge < -0.3 is 9.88 Å². The van der Waals surface area contributed by atoms with Gasteiger partial charge in [-0.05, 0) is 23.9 Å². The number of anilines is 1. The van der Waals surface area contributed by atoms with Gasteiger partial charge in [-0.2, -0.15) is 0 Å². The molecule has 1 amide bonds. The third-order valence-corrected chi connectivity index (χ3v) is 5.45. The fraction of sp³-hybridized carbons (Fsp3) is 0.136. The summed E-state index contributed by atoms with van der Waals surface area (Å²) in [6.07, 6.45) is 0. The van der Waals surface area contributed by atoms with E-state index in [4.69, 9.17) is 0 Å². The molecule has 6 heteroatoms. The first kappa shape index (κ1) is 18.3. The first-order valence-electron chi connectivity index (χ1n) is 9.05. The van der Waals surface area contributed by atoms with Crippen LogP contribution in [0, 0.1) is 6.92 Å². The molecule has 0 aliphatic heterocycles. The highest BCUT2D eigenvalue weighted by atomic mass is 32.2. The summed E-state index contributed by atoms with van der Waals surface area (Å²) in [6, 6.07) is 24.1. The maximum atomic E-state index is 12.5. The number of carbonyl (C=O) groups is 1. The van der Waals surface area contributed by atoms with Crippen molar-refractivity contribution >= 4 is 34.1 Å². The van der Waals surface area contributed by atoms with E-state index in [1.807, 2.05) is 72.2 Å². The molecule has 28 heavy (non-hydrogen) atoms. The average molecular weight is 388 g/mol. The number of hydrogen-bond acceptors (Lipinski definition) is 4. The summed E-state index contributed by atoms with van der Waals surface area (Å²) in [5.74, 6) is 1.05. The van der Waals surface area contributed by atoms with Gasteiger partial charge >= 0.3 is 0 Å². The first-order chi connectivity index (χ1) is 13.7. The van der Waals surface area contributed by atoms with E-state index in [-0.39, 0.29) is 11.7 Å². The third-order valence-electron chi connectivity index (χ3n) is 4.48. The number of carbonyl (C=O) groups excluding carboxylic acids is 1. The van der Waals surface area contributed by atoms with E-state index >= 15 is 0 Å². The molecule has 0 bridgehead atoms. The molecule has 3 aromatic carbocycles. The van der Waals surface area contributed by atoms with Crippen molar-refractivity contribution in [2.24, 2.45) is 0 Å². The van der Waals surface area contributed by atoms with Gasteiger partial charge in [0.1, 0.15) is 5.82 Å². The summed E-state index contributed by atoms with van der Waals surface area (Å²) in [4.78, 5) is 12.5. The second-order valence-corrected chi connectivity index (χ2v) is 7.41. The Morgan fingerprint density at radius 2 is 1.71 bits per heavy atom. The molecule has 0 aliphatic rings. The van der Waals surface area contributed by atoms with Gasteiger partial charge in [0, 0.05) is 11.1 Å². The van der Waals surface area contributed by atoms with Crippen LogP contribution in [0.5, 0.6) is 0 Å². The lowest BCUT2D eigenvalue weighted by Crippen LogP contribution is -2.15. The Morgan fingerprint density at radius 1 is 0.964 bits per heavy atom. The molecule has 0 fully saturated rings. The van der Waals surface area contributed by atoms with Gasteiger partial charge in [-0.1, -0.05) is 78.5 Å². The van der Waals surface area contributed by atoms with Crippen LogP contribution in [0.4, 0.5) is 5.69 Å². The van der Waals surface area contributed by atoms with Crippen molar-refractivity contribution in [2.75, 3.05) is 11.1 Å². The average Bonchev–Trinajstić information content (AvgIpc) is 3.07. The standard InChI is InChI=1S/C22H20N4OS/c1-16-24-25-22(26(16)14-17-8-3-2-4-9-17)28-15-21(27)23-20-13-7-11-18-10-5-6-12-19(18)20/h2-13H,14-15H2,1H3,(H,23,27). The topological polar surface area (TPSA) is 59.8 Å². The monoisotopic (exact) mass is 388 g/mol. The lowest BCUT2D eigenvalue weighted by molar-refractivity contribution is -0.113. The molecule has 0 saturated heterocycles. The molecular formula is C22H20N4OS. The number of benzene rings is 3. The summed E-state index contributed by atoms with van der Waals surface area (Å²) in [5, 5.41) is 14.3. The molecule has 1 aromatic heterocycles. The third kappa shape index (κ3) is 4.07. The number of amides is 1. The van der Waals surface area contributed by atoms with E-state index in [1.165, 1.54) is 17.3 Å². The fourth-order valence-corrected chi connectivity index (χ4v) is 3.85. The molecule has 1 heterocycles. The van der Waals surface area contributed by atoms with E-state index in [1.54, 1.807) is 0 Å². The zero-order valence-corrected chi connectivity index (χ0v) is 16.3. The van der Waals surface area contributed by atoms with Crippen LogP contribution < -0.4 is 5.32 Å². The second kappa shape index (κ2) is 8.27. The normalized spacial score (nSPS) is 10.9. The van der Waals surface area contributed by atoms with Crippen LogP contribution in [0.1, 0.15) is 11.4 Å². The molecule has 4 rings (SSSR count). The van der Waals surface area contributed by atoms with Crippen molar-refractivity contribution < 1.29 is 4.79 Å². The first-order valence-corrected chi connectivity index (χ1v) is 10.0. The Morgan fingerprint density at radius 3 is 2.57 bits per heavy atom. The van der Waals surface area contributed by atoms with Gasteiger partial charge in [-0.15, -0.1) is 10.2 Å². The summed E-state index contributed by atoms with van der Waals surface area (Å²) in [6.45, 7) is 2.61. The van der Waals surface area contributed by atoms with E-state index in [9.17, 15) is 4.79 Å². The molecular weight excluding hydrogens is 368 g/mol. The van der Waals surface area contributed by atoms with Crippen LogP contribution in [0.2, 0.25) is 0 Å². The molecule has 0 spiro atoms. The highest BCUT2D eigenvalue weighted by Crippen LogP contribution is 2.24. The molecule has 5 nitrogen and oxygen atoms in total. The Labute approximate surface area is 167 Å². The predicted octanol–water partition coefficient (Wildman–Crippen LogP) is 4.52. The van der Waals surface area contributed by atoms with Gasteiger partial charge in [-0.3, -0.25) is 4.79 Å². The van der Waals surface area contributed by atoms with Crippen LogP contribution in [-0.4, -0.2) is 26.4 Å². The van der Waals surface area contributed by atoms with Crippen molar-refractivity contribution in [3.05, 3.63) is 84.2 Å². The summed E-state index contributed by atoms with van der Waals surface area (Å²) in [7, 11) is 0. The Balaban J connectivity index is 1.44. The summed E-state index contributed by atoms with van der Waals surface area (Å²) >= 11 is 1.40. The van der Waals surface area contributed by atoms with Gasteiger partial charge in [0.05, 0.1) is 12.3 Å². The molecule has 4 aromatic rings. The van der Waals surface area contributed by atoms with Crippen LogP contribution >= 0.6 is 11.8 Å². The maximum absolute atomic E-state index is 12.5. The Bertz CT molecular complexity index is 1100. The Hall–Kier alpha value is -3.12. The lowest BCUT2D eigenvalue weighted by atomic mass is 10.1. The molecule has 0 radical (unpaired) electrons. The number of hydrogen-bond donors (Lipinski definition) is 1. The SMILES string of the molecule is Cc1nnc(SCC(=O)Nc2cccc3ccccc23)n1Cc1ccccc1. The highest BCUT2D eigenvalue weighted by molar-refractivity contribution is 7.99. The van der Waals surface area contributed by atoms with E-state index in [2.05, 4.69) is 27.6 Å². The van der Waals surface area contributed by atoms with Gasteiger partial charge in [-0.25, -0.2) is 0 Å². The van der Waals surface area contributed by atoms with Crippen molar-refractivity contribution in [3.63, 3.8) is 0 Å². The number of rotatable bonds is 6. The zero-order chi connectivity index (χ0) is 19.3. The Kier molecular flexibility index (Phi) is 5.39. The summed E-state index contributed by atoms with van der Waals surface area (Å²) in [5.41, 5.74) is 2.00. The fourth-order valence-electron chi connectivity index (χ4n) is 3.07. The predicted molar refractivity (Wildman–Crippen MR) is 114 cm³/mol. The van der Waals surface area contributed by atoms with Gasteiger partial charge in [0.25, 0.3) is 0 Å². The van der Waals surface area contributed by atoms with Crippen LogP contribution in [0.3, 0.4) is 0 Å². The molecule has 140 valence electrons. The second-order valence-electron chi connectivity index (χ2n) is 6.47. The molecule has 0 saturated carbocycles. The number of thioether (sulfide) groups is 1. The number of aryl methyl sites for hydroxylation is 1. The van der Waals surface area contributed by atoms with E-state index in [0.29, 0.717) is 6.54 Å². The van der Waals surface area contributed by atoms with Crippen molar-refractivity contribution in [2.45, 2.75) is 18.6 Å². The highest BCUT2D eigenvalue weighted by Gasteiger charge is 2.13. The molecule has 0 unspecified atom stereocenters. The minimum atomic E-state index is -0.0618. The van der Waals surface area contributed by atoms with Gasteiger partial charge in [0.2, 0.25) is 5.91 Å². The number of nitrogens with one attached hydrogen (secondary N) is 1. The molecule has 1 N–H and O–H groups in total. The number of fused-ring (bicyclic) bond motifs is 1. The lowest BCUT2D eigenvalue weighted by Gasteiger charge is -2.10. The van der Waals surface area contributed by atoms with Crippen molar-refractivity contribution in [1.29, 1.82) is 0 Å². The zero-order valence-electron chi connectivity index (χ0n) is 15.5. The van der Waals surface area contributed by atoms with Crippen molar-refractivity contribution in [1.82, 2.24) is 14.8 Å². The van der Waals surface area contributed by atoms with E-state index in [0.717, 1.165) is 27.4 Å².